The summed E-state index contributed by atoms with van der Waals surface area (Å²) in [6.45, 7) is 5.02. The summed E-state index contributed by atoms with van der Waals surface area (Å²) in [5.41, 5.74) is 1.80. The van der Waals surface area contributed by atoms with E-state index in [0.717, 1.165) is 29.1 Å². The Morgan fingerprint density at radius 2 is 2.06 bits per heavy atom. The van der Waals surface area contributed by atoms with Crippen molar-refractivity contribution in [3.05, 3.63) is 50.4 Å². The molecule has 1 aliphatic carbocycles. The Hall–Kier alpha value is -2.63. The molecule has 9 nitrogen and oxygen atoms in total. The summed E-state index contributed by atoms with van der Waals surface area (Å²) in [6, 6.07) is 3.45. The number of pyridine rings is 2. The molecule has 1 amide bonds. The van der Waals surface area contributed by atoms with Crippen LogP contribution in [-0.4, -0.2) is 45.0 Å². The number of carbonyl (C=O) groups is 1. The average Bonchev–Trinajstić information content (AvgIpc) is 3.55. The van der Waals surface area contributed by atoms with Gasteiger partial charge in [-0.05, 0) is 38.8 Å². The molecule has 0 aromatic carbocycles. The van der Waals surface area contributed by atoms with Crippen LogP contribution in [0.5, 0.6) is 0 Å². The fourth-order valence-corrected chi connectivity index (χ4v) is 6.86. The van der Waals surface area contributed by atoms with Crippen LogP contribution in [0, 0.1) is 6.92 Å². The molecule has 1 N–H and O–H groups in total. The molecule has 1 aliphatic heterocycles. The predicted molar refractivity (Wildman–Crippen MR) is 123 cm³/mol. The smallest absolute Gasteiger partial charge is 0.262 e. The number of nitrogens with zero attached hydrogens (tertiary/aromatic N) is 4. The highest BCUT2D eigenvalue weighted by atomic mass is 32.2. The van der Waals surface area contributed by atoms with E-state index >= 15 is 0 Å². The number of aromatic nitrogens is 3. The number of rotatable bonds is 5. The molecule has 1 fully saturated rings. The van der Waals surface area contributed by atoms with Crippen molar-refractivity contribution >= 4 is 43.4 Å². The lowest BCUT2D eigenvalue weighted by molar-refractivity contribution is 0.102. The van der Waals surface area contributed by atoms with E-state index in [4.69, 9.17) is 0 Å². The zero-order chi connectivity index (χ0) is 22.6. The number of carbonyl (C=O) groups excluding carboxylic acids is 1. The van der Waals surface area contributed by atoms with Gasteiger partial charge in [0.1, 0.15) is 11.2 Å². The Kier molecular flexibility index (Phi) is 5.14. The van der Waals surface area contributed by atoms with Crippen LogP contribution in [0.25, 0.3) is 11.0 Å². The minimum atomic E-state index is -3.25. The van der Waals surface area contributed by atoms with E-state index in [1.807, 2.05) is 13.8 Å². The largest absolute Gasteiger partial charge is 0.332 e. The second kappa shape index (κ2) is 7.75. The second-order valence-electron chi connectivity index (χ2n) is 8.15. The van der Waals surface area contributed by atoms with E-state index in [9.17, 15) is 18.0 Å². The summed E-state index contributed by atoms with van der Waals surface area (Å²) < 4.78 is 28.4. The van der Waals surface area contributed by atoms with Crippen molar-refractivity contribution in [2.24, 2.45) is 0 Å². The number of hydrogen-bond donors (Lipinski definition) is 1. The molecule has 0 bridgehead atoms. The first kappa shape index (κ1) is 21.2. The molecular weight excluding hydrogens is 450 g/mol. The van der Waals surface area contributed by atoms with Crippen molar-refractivity contribution in [3.63, 3.8) is 0 Å². The maximum Gasteiger partial charge on any atom is 0.262 e. The monoisotopic (exact) mass is 473 g/mol. The standard InChI is InChI=1S/C21H23N5O4S2/c1-3-25-10-15(18(27)14-7-4-12(2)22-19(14)25)20(28)24-21-23-16-8-9-26(11-17(16)31-21)32(29,30)13-5-6-13/h4,7,10,13H,3,5-6,8-9,11H2,1-2H3,(H,23,24,28). The predicted octanol–water partition coefficient (Wildman–Crippen LogP) is 2.28. The average molecular weight is 474 g/mol. The van der Waals surface area contributed by atoms with Gasteiger partial charge in [0.15, 0.2) is 5.13 Å². The van der Waals surface area contributed by atoms with E-state index in [1.54, 1.807) is 16.7 Å². The van der Waals surface area contributed by atoms with Gasteiger partial charge in [0.05, 0.1) is 16.3 Å². The van der Waals surface area contributed by atoms with Crippen molar-refractivity contribution < 1.29 is 13.2 Å². The molecule has 3 aromatic rings. The van der Waals surface area contributed by atoms with E-state index in [1.165, 1.54) is 21.8 Å². The lowest BCUT2D eigenvalue weighted by atomic mass is 10.1. The van der Waals surface area contributed by atoms with E-state index < -0.39 is 15.9 Å². The Morgan fingerprint density at radius 1 is 1.28 bits per heavy atom. The zero-order valence-corrected chi connectivity index (χ0v) is 19.4. The topological polar surface area (TPSA) is 114 Å². The molecule has 3 aromatic heterocycles. The molecule has 0 atom stereocenters. The molecule has 4 heterocycles. The van der Waals surface area contributed by atoms with Gasteiger partial charge in [0.25, 0.3) is 5.91 Å². The van der Waals surface area contributed by atoms with Gasteiger partial charge in [-0.1, -0.05) is 0 Å². The zero-order valence-electron chi connectivity index (χ0n) is 17.8. The first-order chi connectivity index (χ1) is 15.3. The van der Waals surface area contributed by atoms with Crippen LogP contribution in [0.1, 0.15) is 46.4 Å². The molecule has 0 spiro atoms. The first-order valence-corrected chi connectivity index (χ1v) is 12.9. The minimum Gasteiger partial charge on any atom is -0.332 e. The van der Waals surface area contributed by atoms with Gasteiger partial charge in [-0.25, -0.2) is 18.4 Å². The van der Waals surface area contributed by atoms with E-state index in [2.05, 4.69) is 15.3 Å². The summed E-state index contributed by atoms with van der Waals surface area (Å²) in [4.78, 5) is 35.7. The van der Waals surface area contributed by atoms with Crippen LogP contribution in [0.4, 0.5) is 5.13 Å². The van der Waals surface area contributed by atoms with Gasteiger partial charge < -0.3 is 4.57 Å². The van der Waals surface area contributed by atoms with Gasteiger partial charge in [-0.3, -0.25) is 14.9 Å². The third-order valence-electron chi connectivity index (χ3n) is 5.87. The van der Waals surface area contributed by atoms with Gasteiger partial charge in [-0.2, -0.15) is 4.31 Å². The molecule has 0 radical (unpaired) electrons. The first-order valence-electron chi connectivity index (χ1n) is 10.6. The van der Waals surface area contributed by atoms with Crippen molar-refractivity contribution in [2.45, 2.75) is 51.4 Å². The molecule has 168 valence electrons. The number of hydrogen-bond acceptors (Lipinski definition) is 7. The van der Waals surface area contributed by atoms with Gasteiger partial charge in [0.2, 0.25) is 15.5 Å². The molecule has 0 unspecified atom stereocenters. The van der Waals surface area contributed by atoms with Gasteiger partial charge >= 0.3 is 0 Å². The van der Waals surface area contributed by atoms with Gasteiger partial charge in [-0.15, -0.1) is 11.3 Å². The molecule has 1 saturated carbocycles. The maximum absolute atomic E-state index is 13.0. The fourth-order valence-electron chi connectivity index (χ4n) is 3.95. The maximum atomic E-state index is 13.0. The Bertz CT molecular complexity index is 1410. The van der Waals surface area contributed by atoms with Crippen LogP contribution in [0.2, 0.25) is 0 Å². The number of sulfonamides is 1. The summed E-state index contributed by atoms with van der Waals surface area (Å²) in [7, 11) is -3.25. The number of amides is 1. The highest BCUT2D eigenvalue weighted by Crippen LogP contribution is 2.35. The highest BCUT2D eigenvalue weighted by Gasteiger charge is 2.41. The van der Waals surface area contributed by atoms with E-state index in [0.29, 0.717) is 35.7 Å². The third kappa shape index (κ3) is 3.63. The number of thiazole rings is 1. The third-order valence-corrected chi connectivity index (χ3v) is 9.21. The molecule has 32 heavy (non-hydrogen) atoms. The molecular formula is C21H23N5O4S2. The number of aryl methyl sites for hydroxylation is 2. The quantitative estimate of drug-likeness (QED) is 0.608. The number of anilines is 1. The van der Waals surface area contributed by atoms with Crippen LogP contribution >= 0.6 is 11.3 Å². The minimum absolute atomic E-state index is 0.0242. The summed E-state index contributed by atoms with van der Waals surface area (Å²) >= 11 is 1.26. The number of nitrogens with one attached hydrogen (secondary N) is 1. The van der Waals surface area contributed by atoms with Crippen molar-refractivity contribution in [3.8, 4) is 0 Å². The van der Waals surface area contributed by atoms with Crippen LogP contribution < -0.4 is 10.7 Å². The van der Waals surface area contributed by atoms with Crippen LogP contribution in [0.15, 0.2) is 23.1 Å². The fraction of sp³-hybridized carbons (Fsp3) is 0.429. The Labute approximate surface area is 189 Å². The summed E-state index contributed by atoms with van der Waals surface area (Å²) in [6.07, 6.45) is 3.50. The Morgan fingerprint density at radius 3 is 2.78 bits per heavy atom. The molecule has 0 saturated heterocycles. The summed E-state index contributed by atoms with van der Waals surface area (Å²) in [5.74, 6) is -0.534. The molecule has 11 heteroatoms. The SMILES string of the molecule is CCn1cc(C(=O)Nc2nc3c(s2)CN(S(=O)(=O)C2CC2)CC3)c(=O)c2ccc(C)nc21. The highest BCUT2D eigenvalue weighted by molar-refractivity contribution is 7.90. The van der Waals surface area contributed by atoms with Crippen molar-refractivity contribution in [2.75, 3.05) is 11.9 Å². The molecule has 5 rings (SSSR count). The summed E-state index contributed by atoms with van der Waals surface area (Å²) in [5, 5.41) is 3.26. The van der Waals surface area contributed by atoms with Crippen molar-refractivity contribution in [1.82, 2.24) is 18.8 Å². The van der Waals surface area contributed by atoms with Crippen molar-refractivity contribution in [1.29, 1.82) is 0 Å². The van der Waals surface area contributed by atoms with E-state index in [-0.39, 0.29) is 22.8 Å². The lowest BCUT2D eigenvalue weighted by Crippen LogP contribution is -2.37. The van der Waals surface area contributed by atoms with Gasteiger partial charge in [0, 0.05) is 42.8 Å². The van der Waals surface area contributed by atoms with Crippen LogP contribution in [0.3, 0.4) is 0 Å². The number of fused-ring (bicyclic) bond motifs is 2. The molecule has 2 aliphatic rings. The lowest BCUT2D eigenvalue weighted by Gasteiger charge is -2.25. The Balaban J connectivity index is 1.41. The van der Waals surface area contributed by atoms with Crippen LogP contribution in [-0.2, 0) is 29.5 Å². The normalized spacial score (nSPS) is 16.8. The second-order valence-corrected chi connectivity index (χ2v) is 11.4.